The molecule has 0 bridgehead atoms. The molecule has 0 aliphatic rings. The lowest BCUT2D eigenvalue weighted by molar-refractivity contribution is -0.385. The fourth-order valence-electron chi connectivity index (χ4n) is 2.47. The van der Waals surface area contributed by atoms with Crippen molar-refractivity contribution in [2.24, 2.45) is 5.92 Å². The van der Waals surface area contributed by atoms with E-state index < -0.39 is 32.9 Å². The predicted molar refractivity (Wildman–Crippen MR) is 108 cm³/mol. The summed E-state index contributed by atoms with van der Waals surface area (Å²) in [6, 6.07) is 8.74. The number of ether oxygens (including phenoxy) is 1. The van der Waals surface area contributed by atoms with E-state index in [1.807, 2.05) is 0 Å². The van der Waals surface area contributed by atoms with Crippen molar-refractivity contribution in [3.63, 3.8) is 0 Å². The van der Waals surface area contributed by atoms with E-state index in [2.05, 4.69) is 4.72 Å². The molecule has 0 saturated heterocycles. The number of hydrogen-bond donors (Lipinski definition) is 1. The predicted octanol–water partition coefficient (Wildman–Crippen LogP) is 3.95. The first kappa shape index (κ1) is 23.1. The van der Waals surface area contributed by atoms with Gasteiger partial charge < -0.3 is 4.74 Å². The van der Waals surface area contributed by atoms with Gasteiger partial charge in [-0.3, -0.25) is 14.9 Å². The topological polar surface area (TPSA) is 116 Å². The normalized spacial score (nSPS) is 12.6. The largest absolute Gasteiger partial charge is 0.459 e. The minimum absolute atomic E-state index is 0.0965. The van der Waals surface area contributed by atoms with Crippen LogP contribution < -0.4 is 4.72 Å². The van der Waals surface area contributed by atoms with Crippen LogP contribution in [-0.4, -0.2) is 25.4 Å². The van der Waals surface area contributed by atoms with E-state index in [0.29, 0.717) is 0 Å². The molecule has 1 N–H and O–H groups in total. The van der Waals surface area contributed by atoms with Gasteiger partial charge in [0, 0.05) is 6.07 Å². The second-order valence-electron chi connectivity index (χ2n) is 6.39. The SMILES string of the molecule is CC(C)[C@@H](NS(=O)(=O)c1c(Cl)cccc1Cl)C(=O)OCc1ccccc1[N+](=O)[O-]. The fraction of sp³-hybridized carbons (Fsp3) is 0.278. The smallest absolute Gasteiger partial charge is 0.324 e. The Morgan fingerprint density at radius 1 is 1.14 bits per heavy atom. The number of halogens is 2. The highest BCUT2D eigenvalue weighted by Crippen LogP contribution is 2.29. The second-order valence-corrected chi connectivity index (χ2v) is 8.85. The number of nitrogens with one attached hydrogen (secondary N) is 1. The second kappa shape index (κ2) is 9.53. The summed E-state index contributed by atoms with van der Waals surface area (Å²) in [5, 5.41) is 10.9. The average molecular weight is 461 g/mol. The van der Waals surface area contributed by atoms with Crippen molar-refractivity contribution in [3.05, 3.63) is 68.2 Å². The summed E-state index contributed by atoms with van der Waals surface area (Å²) in [7, 11) is -4.24. The molecule has 29 heavy (non-hydrogen) atoms. The van der Waals surface area contributed by atoms with Crippen molar-refractivity contribution < 1.29 is 22.9 Å². The number of nitro groups is 1. The molecule has 2 aromatic rings. The molecule has 156 valence electrons. The first-order valence-electron chi connectivity index (χ1n) is 8.40. The van der Waals surface area contributed by atoms with Crippen LogP contribution in [0.3, 0.4) is 0 Å². The molecular formula is C18H18Cl2N2O6S. The van der Waals surface area contributed by atoms with E-state index in [-0.39, 0.29) is 32.8 Å². The number of nitrogens with zero attached hydrogens (tertiary/aromatic N) is 1. The first-order valence-corrected chi connectivity index (χ1v) is 10.6. The van der Waals surface area contributed by atoms with Gasteiger partial charge in [-0.25, -0.2) is 8.42 Å². The van der Waals surface area contributed by atoms with Gasteiger partial charge in [0.1, 0.15) is 17.5 Å². The maximum Gasteiger partial charge on any atom is 0.324 e. The molecule has 2 aromatic carbocycles. The summed E-state index contributed by atoms with van der Waals surface area (Å²) >= 11 is 11.9. The zero-order valence-corrected chi connectivity index (χ0v) is 17.8. The number of hydrogen-bond acceptors (Lipinski definition) is 6. The standard InChI is InChI=1S/C18H18Cl2N2O6S/c1-11(2)16(21-29(26,27)17-13(19)7-5-8-14(17)20)18(23)28-10-12-6-3-4-9-15(12)22(24)25/h3-9,11,16,21H,10H2,1-2H3/t16-/m1/s1. The molecule has 1 atom stereocenters. The Bertz CT molecular complexity index is 1010. The Morgan fingerprint density at radius 3 is 2.28 bits per heavy atom. The van der Waals surface area contributed by atoms with Gasteiger partial charge in [0.05, 0.1) is 20.5 Å². The Labute approximate surface area is 178 Å². The number of esters is 1. The molecular weight excluding hydrogens is 443 g/mol. The number of nitro benzene ring substituents is 1. The number of carbonyl (C=O) groups excluding carboxylic acids is 1. The molecule has 0 radical (unpaired) electrons. The maximum atomic E-state index is 12.7. The van der Waals surface area contributed by atoms with Crippen LogP contribution in [0.25, 0.3) is 0 Å². The third-order valence-electron chi connectivity index (χ3n) is 3.95. The van der Waals surface area contributed by atoms with Gasteiger partial charge in [0.15, 0.2) is 0 Å². The lowest BCUT2D eigenvalue weighted by Crippen LogP contribution is -2.45. The molecule has 0 saturated carbocycles. The van der Waals surface area contributed by atoms with E-state index >= 15 is 0 Å². The van der Waals surface area contributed by atoms with Crippen LogP contribution in [0.4, 0.5) is 5.69 Å². The highest BCUT2D eigenvalue weighted by molar-refractivity contribution is 7.89. The molecule has 11 heteroatoms. The van der Waals surface area contributed by atoms with Gasteiger partial charge in [-0.05, 0) is 24.1 Å². The monoisotopic (exact) mass is 460 g/mol. The number of carbonyl (C=O) groups is 1. The Kier molecular flexibility index (Phi) is 7.59. The Hall–Kier alpha value is -2.20. The zero-order chi connectivity index (χ0) is 21.8. The maximum absolute atomic E-state index is 12.7. The quantitative estimate of drug-likeness (QED) is 0.362. The Morgan fingerprint density at radius 2 is 1.72 bits per heavy atom. The fourth-order valence-corrected chi connectivity index (χ4v) is 4.95. The molecule has 8 nitrogen and oxygen atoms in total. The van der Waals surface area contributed by atoms with Crippen LogP contribution in [0.5, 0.6) is 0 Å². The summed E-state index contributed by atoms with van der Waals surface area (Å²) in [4.78, 5) is 22.7. The van der Waals surface area contributed by atoms with Crippen molar-refractivity contribution in [1.82, 2.24) is 4.72 Å². The summed E-state index contributed by atoms with van der Waals surface area (Å²) in [6.07, 6.45) is 0. The van der Waals surface area contributed by atoms with Gasteiger partial charge in [-0.2, -0.15) is 4.72 Å². The number of benzene rings is 2. The first-order chi connectivity index (χ1) is 13.5. The van der Waals surface area contributed by atoms with Crippen molar-refractivity contribution in [2.75, 3.05) is 0 Å². The van der Waals surface area contributed by atoms with Crippen LogP contribution in [0.1, 0.15) is 19.4 Å². The van der Waals surface area contributed by atoms with E-state index in [1.54, 1.807) is 19.9 Å². The van der Waals surface area contributed by atoms with Gasteiger partial charge in [0.2, 0.25) is 10.0 Å². The third-order valence-corrected chi connectivity index (χ3v) is 6.34. The lowest BCUT2D eigenvalue weighted by atomic mass is 10.1. The van der Waals surface area contributed by atoms with Gasteiger partial charge in [-0.15, -0.1) is 0 Å². The van der Waals surface area contributed by atoms with Crippen LogP contribution in [0, 0.1) is 16.0 Å². The minimum atomic E-state index is -4.24. The van der Waals surface area contributed by atoms with Crippen molar-refractivity contribution in [1.29, 1.82) is 0 Å². The molecule has 0 aliphatic carbocycles. The molecule has 0 unspecified atom stereocenters. The van der Waals surface area contributed by atoms with Crippen LogP contribution in [0.2, 0.25) is 10.0 Å². The summed E-state index contributed by atoms with van der Waals surface area (Å²) < 4.78 is 32.9. The van der Waals surface area contributed by atoms with E-state index in [0.717, 1.165) is 0 Å². The third kappa shape index (κ3) is 5.66. The molecule has 0 amide bonds. The van der Waals surface area contributed by atoms with Crippen molar-refractivity contribution in [2.45, 2.75) is 31.4 Å². The summed E-state index contributed by atoms with van der Waals surface area (Å²) in [6.45, 7) is 2.86. The number of rotatable bonds is 8. The van der Waals surface area contributed by atoms with E-state index in [1.165, 1.54) is 36.4 Å². The van der Waals surface area contributed by atoms with Crippen LogP contribution >= 0.6 is 23.2 Å². The molecule has 0 aromatic heterocycles. The highest BCUT2D eigenvalue weighted by atomic mass is 35.5. The lowest BCUT2D eigenvalue weighted by Gasteiger charge is -2.21. The Balaban J connectivity index is 2.22. The number of para-hydroxylation sites is 1. The molecule has 0 heterocycles. The van der Waals surface area contributed by atoms with Gasteiger partial charge in [0.25, 0.3) is 5.69 Å². The van der Waals surface area contributed by atoms with Crippen LogP contribution in [-0.2, 0) is 26.2 Å². The van der Waals surface area contributed by atoms with Crippen molar-refractivity contribution >= 4 is 44.9 Å². The summed E-state index contributed by atoms with van der Waals surface area (Å²) in [5.74, 6) is -1.37. The zero-order valence-electron chi connectivity index (χ0n) is 15.5. The van der Waals surface area contributed by atoms with Gasteiger partial charge >= 0.3 is 5.97 Å². The molecule has 2 rings (SSSR count). The van der Waals surface area contributed by atoms with Crippen molar-refractivity contribution in [3.8, 4) is 0 Å². The molecule has 0 spiro atoms. The van der Waals surface area contributed by atoms with E-state index in [9.17, 15) is 23.3 Å². The van der Waals surface area contributed by atoms with E-state index in [4.69, 9.17) is 27.9 Å². The minimum Gasteiger partial charge on any atom is -0.459 e. The number of sulfonamides is 1. The highest BCUT2D eigenvalue weighted by Gasteiger charge is 2.32. The molecule has 0 aliphatic heterocycles. The average Bonchev–Trinajstić information content (AvgIpc) is 2.63. The van der Waals surface area contributed by atoms with Gasteiger partial charge in [-0.1, -0.05) is 55.2 Å². The summed E-state index contributed by atoms with van der Waals surface area (Å²) in [5.41, 5.74) is -0.0183. The van der Waals surface area contributed by atoms with Crippen LogP contribution in [0.15, 0.2) is 47.4 Å². The molecule has 0 fully saturated rings.